The van der Waals surface area contributed by atoms with Crippen LogP contribution in [0.2, 0.25) is 0 Å². The van der Waals surface area contributed by atoms with E-state index in [1.807, 2.05) is 0 Å². The molecule has 2 unspecified atom stereocenters. The first-order chi connectivity index (χ1) is 7.80. The van der Waals surface area contributed by atoms with Crippen molar-refractivity contribution in [1.29, 1.82) is 0 Å². The van der Waals surface area contributed by atoms with Gasteiger partial charge in [0.2, 0.25) is 5.91 Å². The van der Waals surface area contributed by atoms with Crippen LogP contribution in [0.3, 0.4) is 0 Å². The predicted octanol–water partition coefficient (Wildman–Crippen LogP) is -0.447. The first kappa shape index (κ1) is 14.3. The summed E-state index contributed by atoms with van der Waals surface area (Å²) in [5, 5.41) is 10.9. The van der Waals surface area contributed by atoms with E-state index in [0.717, 1.165) is 0 Å². The second kappa shape index (κ2) is 5.72. The number of aliphatic hydroxyl groups excluding tert-OH is 1. The van der Waals surface area contributed by atoms with Crippen LogP contribution in [-0.2, 0) is 14.6 Å². The molecule has 5 nitrogen and oxygen atoms in total. The Bertz CT molecular complexity index is 371. The van der Waals surface area contributed by atoms with Crippen LogP contribution in [0, 0.1) is 5.92 Å². The van der Waals surface area contributed by atoms with E-state index in [9.17, 15) is 22.0 Å². The van der Waals surface area contributed by atoms with Crippen molar-refractivity contribution in [2.75, 3.05) is 18.1 Å². The summed E-state index contributed by atoms with van der Waals surface area (Å²) in [6.07, 6.45) is -4.36. The van der Waals surface area contributed by atoms with Gasteiger partial charge >= 0.3 is 0 Å². The number of hydrogen-bond donors (Lipinski definition) is 2. The van der Waals surface area contributed by atoms with Gasteiger partial charge in [-0.2, -0.15) is 0 Å². The van der Waals surface area contributed by atoms with E-state index < -0.39 is 34.8 Å². The number of hydrogen-bond acceptors (Lipinski definition) is 4. The zero-order valence-electron chi connectivity index (χ0n) is 9.10. The van der Waals surface area contributed by atoms with E-state index in [0.29, 0.717) is 6.42 Å². The van der Waals surface area contributed by atoms with Crippen LogP contribution < -0.4 is 5.32 Å². The van der Waals surface area contributed by atoms with Crippen molar-refractivity contribution in [3.8, 4) is 0 Å². The SMILES string of the molecule is O=C(CC1CCS(=O)(=O)C1)NCC(O)C(F)F. The Labute approximate surface area is 98.1 Å². The lowest BCUT2D eigenvalue weighted by atomic mass is 10.1. The quantitative estimate of drug-likeness (QED) is 0.709. The van der Waals surface area contributed by atoms with Gasteiger partial charge in [-0.3, -0.25) is 4.79 Å². The molecule has 8 heteroatoms. The van der Waals surface area contributed by atoms with Crippen LogP contribution in [0.5, 0.6) is 0 Å². The molecular formula is C9H15F2NO4S. The largest absolute Gasteiger partial charge is 0.385 e. The lowest BCUT2D eigenvalue weighted by Gasteiger charge is -2.12. The van der Waals surface area contributed by atoms with Crippen molar-refractivity contribution in [2.24, 2.45) is 5.92 Å². The highest BCUT2D eigenvalue weighted by molar-refractivity contribution is 7.91. The van der Waals surface area contributed by atoms with Gasteiger partial charge in [0.05, 0.1) is 11.5 Å². The minimum atomic E-state index is -3.04. The molecule has 0 aromatic rings. The van der Waals surface area contributed by atoms with Gasteiger partial charge in [0.1, 0.15) is 6.10 Å². The van der Waals surface area contributed by atoms with Gasteiger partial charge in [0, 0.05) is 13.0 Å². The van der Waals surface area contributed by atoms with Gasteiger partial charge < -0.3 is 10.4 Å². The highest BCUT2D eigenvalue weighted by Gasteiger charge is 2.29. The summed E-state index contributed by atoms with van der Waals surface area (Å²) >= 11 is 0. The van der Waals surface area contributed by atoms with Gasteiger partial charge in [0.15, 0.2) is 9.84 Å². The first-order valence-corrected chi connectivity index (χ1v) is 7.05. The number of amides is 1. The molecule has 1 fully saturated rings. The molecule has 0 aliphatic carbocycles. The molecular weight excluding hydrogens is 256 g/mol. The van der Waals surface area contributed by atoms with E-state index in [2.05, 4.69) is 5.32 Å². The summed E-state index contributed by atoms with van der Waals surface area (Å²) in [6.45, 7) is -0.518. The molecule has 1 saturated heterocycles. The number of carbonyl (C=O) groups excluding carboxylic acids is 1. The van der Waals surface area contributed by atoms with Gasteiger partial charge in [-0.15, -0.1) is 0 Å². The number of rotatable bonds is 5. The van der Waals surface area contributed by atoms with Crippen molar-refractivity contribution < 1.29 is 27.1 Å². The summed E-state index contributed by atoms with van der Waals surface area (Å²) in [4.78, 5) is 11.3. The monoisotopic (exact) mass is 271 g/mol. The third-order valence-corrected chi connectivity index (χ3v) is 4.44. The smallest absolute Gasteiger partial charge is 0.265 e. The minimum Gasteiger partial charge on any atom is -0.385 e. The molecule has 0 radical (unpaired) electrons. The Balaban J connectivity index is 2.27. The third kappa shape index (κ3) is 4.95. The number of carbonyl (C=O) groups is 1. The molecule has 0 spiro atoms. The minimum absolute atomic E-state index is 0.00477. The third-order valence-electron chi connectivity index (χ3n) is 2.60. The molecule has 2 atom stereocenters. The zero-order chi connectivity index (χ0) is 13.1. The van der Waals surface area contributed by atoms with Crippen molar-refractivity contribution in [3.05, 3.63) is 0 Å². The second-order valence-electron chi connectivity index (χ2n) is 4.18. The van der Waals surface area contributed by atoms with Gasteiger partial charge in [-0.25, -0.2) is 17.2 Å². The molecule has 1 aliphatic heterocycles. The second-order valence-corrected chi connectivity index (χ2v) is 6.41. The molecule has 0 bridgehead atoms. The maximum Gasteiger partial charge on any atom is 0.265 e. The number of halogens is 2. The van der Waals surface area contributed by atoms with E-state index in [1.165, 1.54) is 0 Å². The van der Waals surface area contributed by atoms with E-state index in [-0.39, 0.29) is 23.8 Å². The Morgan fingerprint density at radius 3 is 2.59 bits per heavy atom. The Kier molecular flexibility index (Phi) is 4.81. The standard InChI is InChI=1S/C9H15F2NO4S/c10-9(11)7(13)4-12-8(14)3-6-1-2-17(15,16)5-6/h6-7,9,13H,1-5H2,(H,12,14). The number of aliphatic hydroxyl groups is 1. The molecule has 1 aliphatic rings. The van der Waals surface area contributed by atoms with Crippen LogP contribution in [0.1, 0.15) is 12.8 Å². The molecule has 1 amide bonds. The van der Waals surface area contributed by atoms with Gasteiger partial charge in [-0.05, 0) is 12.3 Å². The van der Waals surface area contributed by atoms with Crippen LogP contribution in [-0.4, -0.2) is 50.0 Å². The van der Waals surface area contributed by atoms with Crippen molar-refractivity contribution in [3.63, 3.8) is 0 Å². The number of nitrogens with one attached hydrogen (secondary N) is 1. The van der Waals surface area contributed by atoms with Gasteiger partial charge in [0.25, 0.3) is 6.43 Å². The van der Waals surface area contributed by atoms with E-state index >= 15 is 0 Å². The summed E-state index contributed by atoms with van der Waals surface area (Å²) in [6, 6.07) is 0. The topological polar surface area (TPSA) is 83.5 Å². The summed E-state index contributed by atoms with van der Waals surface area (Å²) in [7, 11) is -3.04. The van der Waals surface area contributed by atoms with E-state index in [1.54, 1.807) is 0 Å². The molecule has 0 aromatic carbocycles. The maximum absolute atomic E-state index is 11.9. The summed E-state index contributed by atoms with van der Waals surface area (Å²) < 4.78 is 46.0. The van der Waals surface area contributed by atoms with Crippen LogP contribution in [0.4, 0.5) is 8.78 Å². The molecule has 0 saturated carbocycles. The van der Waals surface area contributed by atoms with Gasteiger partial charge in [-0.1, -0.05) is 0 Å². The maximum atomic E-state index is 11.9. The Morgan fingerprint density at radius 1 is 1.47 bits per heavy atom. The molecule has 1 heterocycles. The van der Waals surface area contributed by atoms with Crippen LogP contribution in [0.25, 0.3) is 0 Å². The lowest BCUT2D eigenvalue weighted by Crippen LogP contribution is -2.36. The number of sulfone groups is 1. The molecule has 2 N–H and O–H groups in total. The average molecular weight is 271 g/mol. The highest BCUT2D eigenvalue weighted by Crippen LogP contribution is 2.21. The molecule has 100 valence electrons. The average Bonchev–Trinajstić information content (AvgIpc) is 2.54. The fourth-order valence-electron chi connectivity index (χ4n) is 1.67. The molecule has 17 heavy (non-hydrogen) atoms. The lowest BCUT2D eigenvalue weighted by molar-refractivity contribution is -0.122. The molecule has 1 rings (SSSR count). The predicted molar refractivity (Wildman–Crippen MR) is 56.4 cm³/mol. The van der Waals surface area contributed by atoms with Crippen molar-refractivity contribution in [1.82, 2.24) is 5.32 Å². The first-order valence-electron chi connectivity index (χ1n) is 5.23. The highest BCUT2D eigenvalue weighted by atomic mass is 32.2. The zero-order valence-corrected chi connectivity index (χ0v) is 9.92. The molecule has 0 aromatic heterocycles. The van der Waals surface area contributed by atoms with Crippen LogP contribution in [0.15, 0.2) is 0 Å². The Hall–Kier alpha value is -0.760. The van der Waals surface area contributed by atoms with Crippen molar-refractivity contribution in [2.45, 2.75) is 25.4 Å². The van der Waals surface area contributed by atoms with Crippen LogP contribution >= 0.6 is 0 Å². The summed E-state index contributed by atoms with van der Waals surface area (Å²) in [5.41, 5.74) is 0. The fourth-order valence-corrected chi connectivity index (χ4v) is 3.54. The van der Waals surface area contributed by atoms with Crippen molar-refractivity contribution >= 4 is 15.7 Å². The Morgan fingerprint density at radius 2 is 2.12 bits per heavy atom. The normalized spacial score (nSPS) is 24.8. The number of alkyl halides is 2. The summed E-state index contributed by atoms with van der Waals surface area (Å²) in [5.74, 6) is -0.710. The van der Waals surface area contributed by atoms with E-state index in [4.69, 9.17) is 5.11 Å². The fraction of sp³-hybridized carbons (Fsp3) is 0.889.